The van der Waals surface area contributed by atoms with Crippen molar-refractivity contribution in [3.8, 4) is 11.5 Å². The van der Waals surface area contributed by atoms with Crippen LogP contribution < -0.4 is 20.1 Å². The molecule has 0 aliphatic heterocycles. The lowest BCUT2D eigenvalue weighted by atomic mass is 10.2. The molecule has 0 bridgehead atoms. The highest BCUT2D eigenvalue weighted by atomic mass is 32.1. The number of thiophene rings is 1. The maximum Gasteiger partial charge on any atom is 0.387 e. The van der Waals surface area contributed by atoms with Crippen LogP contribution in [0.25, 0.3) is 0 Å². The van der Waals surface area contributed by atoms with Crippen LogP contribution >= 0.6 is 11.3 Å². The van der Waals surface area contributed by atoms with Gasteiger partial charge < -0.3 is 25.0 Å². The summed E-state index contributed by atoms with van der Waals surface area (Å²) in [4.78, 5) is 15.3. The van der Waals surface area contributed by atoms with Gasteiger partial charge >= 0.3 is 12.6 Å². The number of halogens is 2. The third-order valence-corrected chi connectivity index (χ3v) is 4.56. The Labute approximate surface area is 154 Å². The van der Waals surface area contributed by atoms with E-state index in [1.165, 1.54) is 19.2 Å². The van der Waals surface area contributed by atoms with Gasteiger partial charge in [0.1, 0.15) is 0 Å². The molecule has 0 fully saturated rings. The molecular weight excluding hydrogens is 364 g/mol. The highest BCUT2D eigenvalue weighted by Crippen LogP contribution is 2.31. The van der Waals surface area contributed by atoms with Crippen LogP contribution in [0, 0.1) is 0 Å². The molecule has 1 unspecified atom stereocenters. The normalized spacial score (nSPS) is 12.1. The maximum absolute atomic E-state index is 12.5. The Kier molecular flexibility index (Phi) is 7.16. The third-order valence-electron chi connectivity index (χ3n) is 3.59. The number of hydrogen-bond donors (Lipinski definition) is 2. The van der Waals surface area contributed by atoms with Gasteiger partial charge in [0.2, 0.25) is 0 Å². The maximum atomic E-state index is 12.5. The van der Waals surface area contributed by atoms with Crippen LogP contribution in [0.3, 0.4) is 0 Å². The second kappa shape index (κ2) is 9.35. The van der Waals surface area contributed by atoms with Gasteiger partial charge in [-0.3, -0.25) is 0 Å². The van der Waals surface area contributed by atoms with Crippen LogP contribution in [0.2, 0.25) is 0 Å². The lowest BCUT2D eigenvalue weighted by Crippen LogP contribution is -2.36. The van der Waals surface area contributed by atoms with Gasteiger partial charge in [0, 0.05) is 23.2 Å². The molecule has 142 valence electrons. The zero-order chi connectivity index (χ0) is 19.1. The molecule has 26 heavy (non-hydrogen) atoms. The minimum Gasteiger partial charge on any atom is -0.493 e. The summed E-state index contributed by atoms with van der Waals surface area (Å²) in [6, 6.07) is 7.83. The van der Waals surface area contributed by atoms with Crippen molar-refractivity contribution in [1.29, 1.82) is 0 Å². The molecule has 6 nitrogen and oxygen atoms in total. The Morgan fingerprint density at radius 3 is 2.62 bits per heavy atom. The van der Waals surface area contributed by atoms with Crippen LogP contribution in [0.1, 0.15) is 10.9 Å². The number of hydrogen-bond acceptors (Lipinski definition) is 5. The first-order valence-corrected chi connectivity index (χ1v) is 8.66. The van der Waals surface area contributed by atoms with Crippen LogP contribution in [0.4, 0.5) is 19.3 Å². The third kappa shape index (κ3) is 5.57. The monoisotopic (exact) mass is 385 g/mol. The quantitative estimate of drug-likeness (QED) is 0.726. The summed E-state index contributed by atoms with van der Waals surface area (Å²) in [6.07, 6.45) is 0. The lowest BCUT2D eigenvalue weighted by molar-refractivity contribution is -0.0511. The Balaban J connectivity index is 1.98. The van der Waals surface area contributed by atoms with Crippen LogP contribution in [-0.4, -0.2) is 45.3 Å². The van der Waals surface area contributed by atoms with E-state index in [1.807, 2.05) is 36.5 Å². The number of ether oxygens (including phenoxy) is 2. The summed E-state index contributed by atoms with van der Waals surface area (Å²) >= 11 is 1.61. The molecule has 0 aliphatic rings. The number of carbonyl (C=O) groups excluding carboxylic acids is 1. The van der Waals surface area contributed by atoms with Crippen molar-refractivity contribution in [1.82, 2.24) is 10.2 Å². The van der Waals surface area contributed by atoms with Gasteiger partial charge in [-0.15, -0.1) is 11.3 Å². The van der Waals surface area contributed by atoms with Crippen LogP contribution in [0.15, 0.2) is 35.7 Å². The fourth-order valence-electron chi connectivity index (χ4n) is 2.33. The van der Waals surface area contributed by atoms with Crippen molar-refractivity contribution in [3.05, 3.63) is 40.6 Å². The van der Waals surface area contributed by atoms with Crippen LogP contribution in [0.5, 0.6) is 11.5 Å². The number of nitrogens with one attached hydrogen (secondary N) is 2. The summed E-state index contributed by atoms with van der Waals surface area (Å²) in [5, 5.41) is 7.37. The number of carbonyl (C=O) groups is 1. The van der Waals surface area contributed by atoms with Gasteiger partial charge in [-0.2, -0.15) is 8.78 Å². The van der Waals surface area contributed by atoms with E-state index in [0.29, 0.717) is 12.2 Å². The van der Waals surface area contributed by atoms with Gasteiger partial charge in [-0.1, -0.05) is 6.07 Å². The van der Waals surface area contributed by atoms with E-state index < -0.39 is 12.6 Å². The second-order valence-corrected chi connectivity index (χ2v) is 6.55. The standard InChI is InChI=1S/C17H21F2N3O3S/c1-22(2)12(15-5-4-8-26-15)10-20-17(23)21-11-6-7-13(24-3)14(9-11)25-16(18)19/h4-9,12,16H,10H2,1-3H3,(H2,20,21,23). The van der Waals surface area contributed by atoms with Crippen molar-refractivity contribution < 1.29 is 23.0 Å². The number of nitrogens with zero attached hydrogens (tertiary/aromatic N) is 1. The minimum atomic E-state index is -2.99. The first-order valence-electron chi connectivity index (χ1n) is 7.78. The molecule has 0 aliphatic carbocycles. The molecule has 1 aromatic heterocycles. The molecule has 0 saturated heterocycles. The van der Waals surface area contributed by atoms with Gasteiger partial charge in [0.15, 0.2) is 11.5 Å². The van der Waals surface area contributed by atoms with Crippen molar-refractivity contribution in [3.63, 3.8) is 0 Å². The molecule has 9 heteroatoms. The Morgan fingerprint density at radius 1 is 1.27 bits per heavy atom. The average Bonchev–Trinajstić information content (AvgIpc) is 3.08. The molecule has 1 atom stereocenters. The lowest BCUT2D eigenvalue weighted by Gasteiger charge is -2.23. The van der Waals surface area contributed by atoms with Crippen molar-refractivity contribution in [2.75, 3.05) is 33.1 Å². The molecule has 1 heterocycles. The fraction of sp³-hybridized carbons (Fsp3) is 0.353. The molecule has 2 rings (SSSR count). The molecular formula is C17H21F2N3O3S. The van der Waals surface area contributed by atoms with E-state index in [-0.39, 0.29) is 17.5 Å². The first-order chi connectivity index (χ1) is 12.4. The Hall–Kier alpha value is -2.39. The minimum absolute atomic E-state index is 0.0364. The molecule has 0 spiro atoms. The van der Waals surface area contributed by atoms with E-state index in [0.717, 1.165) is 4.88 Å². The van der Waals surface area contributed by atoms with E-state index in [9.17, 15) is 13.6 Å². The zero-order valence-corrected chi connectivity index (χ0v) is 15.5. The van der Waals surface area contributed by atoms with E-state index in [4.69, 9.17) is 4.74 Å². The number of alkyl halides is 2. The smallest absolute Gasteiger partial charge is 0.387 e. The molecule has 1 aromatic carbocycles. The highest BCUT2D eigenvalue weighted by Gasteiger charge is 2.17. The largest absolute Gasteiger partial charge is 0.493 e. The fourth-order valence-corrected chi connectivity index (χ4v) is 3.25. The van der Waals surface area contributed by atoms with Gasteiger partial charge in [0.25, 0.3) is 0 Å². The summed E-state index contributed by atoms with van der Waals surface area (Å²) in [6.45, 7) is -2.59. The van der Waals surface area contributed by atoms with Crippen molar-refractivity contribution in [2.24, 2.45) is 0 Å². The SMILES string of the molecule is COc1ccc(NC(=O)NCC(c2cccs2)N(C)C)cc1OC(F)F. The van der Waals surface area contributed by atoms with Gasteiger partial charge in [-0.05, 0) is 37.7 Å². The van der Waals surface area contributed by atoms with Gasteiger partial charge in [-0.25, -0.2) is 4.79 Å². The number of anilines is 1. The topological polar surface area (TPSA) is 62.8 Å². The number of methoxy groups -OCH3 is 1. The van der Waals surface area contributed by atoms with Crippen LogP contribution in [-0.2, 0) is 0 Å². The Morgan fingerprint density at radius 2 is 2.04 bits per heavy atom. The Bertz CT molecular complexity index is 711. The summed E-state index contributed by atoms with van der Waals surface area (Å²) in [5.74, 6) is 0.00618. The van der Waals surface area contributed by atoms with E-state index in [1.54, 1.807) is 17.4 Å². The van der Waals surface area contributed by atoms with Crippen molar-refractivity contribution in [2.45, 2.75) is 12.7 Å². The second-order valence-electron chi connectivity index (χ2n) is 5.57. The number of amides is 2. The summed E-state index contributed by atoms with van der Waals surface area (Å²) in [5.41, 5.74) is 0.316. The number of rotatable bonds is 8. The molecule has 2 amide bonds. The van der Waals surface area contributed by atoms with Gasteiger partial charge in [0.05, 0.1) is 13.2 Å². The van der Waals surface area contributed by atoms with E-state index in [2.05, 4.69) is 15.4 Å². The number of benzene rings is 1. The summed E-state index contributed by atoms with van der Waals surface area (Å²) < 4.78 is 34.3. The zero-order valence-electron chi connectivity index (χ0n) is 14.7. The number of urea groups is 1. The molecule has 2 N–H and O–H groups in total. The predicted octanol–water partition coefficient (Wildman–Crippen LogP) is 3.78. The highest BCUT2D eigenvalue weighted by molar-refractivity contribution is 7.10. The summed E-state index contributed by atoms with van der Waals surface area (Å²) in [7, 11) is 5.21. The molecule has 0 saturated carbocycles. The number of likely N-dealkylation sites (N-methyl/N-ethyl adjacent to an activating group) is 1. The molecule has 2 aromatic rings. The first kappa shape index (κ1) is 19.9. The average molecular weight is 385 g/mol. The predicted molar refractivity (Wildman–Crippen MR) is 97.4 cm³/mol. The van der Waals surface area contributed by atoms with Crippen molar-refractivity contribution >= 4 is 23.1 Å². The molecule has 0 radical (unpaired) electrons. The van der Waals surface area contributed by atoms with E-state index >= 15 is 0 Å².